The summed E-state index contributed by atoms with van der Waals surface area (Å²) in [5.41, 5.74) is 9.57. The molecule has 5 rings (SSSR count). The third-order valence-corrected chi connectivity index (χ3v) is 7.90. The number of nitrogens with zero attached hydrogens (tertiary/aromatic N) is 2. The fourth-order valence-electron chi connectivity index (χ4n) is 4.59. The van der Waals surface area contributed by atoms with Crippen molar-refractivity contribution in [3.8, 4) is 5.88 Å². The zero-order valence-corrected chi connectivity index (χ0v) is 23.1. The lowest BCUT2D eigenvalue weighted by Gasteiger charge is -2.20. The zero-order chi connectivity index (χ0) is 29.0. The van der Waals surface area contributed by atoms with Crippen molar-refractivity contribution < 1.29 is 18.3 Å². The molecule has 9 nitrogen and oxygen atoms in total. The van der Waals surface area contributed by atoms with Crippen LogP contribution in [0, 0.1) is 0 Å². The molecule has 0 aliphatic carbocycles. The lowest BCUT2D eigenvalue weighted by atomic mass is 10.0. The molecule has 0 fully saturated rings. The number of aromatic nitrogens is 1. The maximum absolute atomic E-state index is 13.0. The minimum atomic E-state index is -3.82. The number of carbonyl (C=O) groups is 1. The zero-order valence-electron chi connectivity index (χ0n) is 22.3. The number of sulfonamides is 1. The van der Waals surface area contributed by atoms with Gasteiger partial charge in [-0.05, 0) is 54.6 Å². The van der Waals surface area contributed by atoms with Crippen molar-refractivity contribution in [2.45, 2.75) is 11.8 Å². The van der Waals surface area contributed by atoms with Gasteiger partial charge < -0.3 is 20.7 Å². The van der Waals surface area contributed by atoms with Gasteiger partial charge in [-0.2, -0.15) is 0 Å². The number of anilines is 2. The van der Waals surface area contributed by atoms with Crippen LogP contribution in [0.2, 0.25) is 0 Å². The summed E-state index contributed by atoms with van der Waals surface area (Å²) in [5, 5.41) is 11.6. The fourth-order valence-corrected chi connectivity index (χ4v) is 5.66. The number of aromatic amines is 1. The molecule has 5 aromatic rings. The molecule has 1 amide bonds. The van der Waals surface area contributed by atoms with E-state index in [2.05, 4.69) is 9.71 Å². The quantitative estimate of drug-likeness (QED) is 0.182. The van der Waals surface area contributed by atoms with Crippen LogP contribution in [0.3, 0.4) is 0 Å². The summed E-state index contributed by atoms with van der Waals surface area (Å²) in [7, 11) is -3.82. The van der Waals surface area contributed by atoms with E-state index in [4.69, 9.17) is 10.7 Å². The number of benzene rings is 4. The minimum absolute atomic E-state index is 0.104. The van der Waals surface area contributed by atoms with Gasteiger partial charge in [-0.15, -0.1) is 0 Å². The Balaban J connectivity index is 1.59. The highest BCUT2D eigenvalue weighted by atomic mass is 32.2. The Morgan fingerprint density at radius 1 is 0.951 bits per heavy atom. The first-order chi connectivity index (χ1) is 19.8. The molecule has 0 aliphatic rings. The number of hydrogen-bond donors (Lipinski definition) is 4. The van der Waals surface area contributed by atoms with E-state index in [1.165, 1.54) is 19.1 Å². The number of carbonyl (C=O) groups excluding carboxylic acids is 1. The first-order valence-electron chi connectivity index (χ1n) is 12.9. The van der Waals surface area contributed by atoms with Gasteiger partial charge in [0.15, 0.2) is 5.88 Å². The molecular formula is C31H29N5O4S. The van der Waals surface area contributed by atoms with E-state index in [0.717, 1.165) is 5.56 Å². The summed E-state index contributed by atoms with van der Waals surface area (Å²) in [6.07, 6.45) is 0. The maximum atomic E-state index is 13.0. The number of aliphatic imine (C=N–C) groups is 1. The average molecular weight is 568 g/mol. The lowest BCUT2D eigenvalue weighted by Crippen LogP contribution is -2.33. The van der Waals surface area contributed by atoms with Gasteiger partial charge in [-0.3, -0.25) is 9.52 Å². The van der Waals surface area contributed by atoms with E-state index in [9.17, 15) is 18.3 Å². The minimum Gasteiger partial charge on any atom is -0.494 e. The third kappa shape index (κ3) is 5.98. The van der Waals surface area contributed by atoms with Gasteiger partial charge in [-0.1, -0.05) is 48.5 Å². The van der Waals surface area contributed by atoms with Gasteiger partial charge in [0, 0.05) is 47.9 Å². The summed E-state index contributed by atoms with van der Waals surface area (Å²) in [5.74, 6) is -0.216. The Labute approximate surface area is 238 Å². The van der Waals surface area contributed by atoms with Gasteiger partial charge in [0.2, 0.25) is 5.91 Å². The largest absolute Gasteiger partial charge is 0.494 e. The van der Waals surface area contributed by atoms with E-state index in [1.54, 1.807) is 65.6 Å². The smallest absolute Gasteiger partial charge is 0.261 e. The first kappa shape index (κ1) is 27.6. The second kappa shape index (κ2) is 11.7. The van der Waals surface area contributed by atoms with Crippen LogP contribution in [0.25, 0.3) is 10.9 Å². The molecule has 0 atom stereocenters. The standard InChI is InChI=1S/C31H29N5O4S/c1-21(37)36(19-18-32)25-15-12-23(13-16-25)33-30(22-8-4-2-5-9-22)29-27-20-24(14-17-28(27)34-31(29)38)35-41(39,40)26-10-6-3-7-11-26/h2-17,20,34-35,38H,18-19,32H2,1H3. The van der Waals surface area contributed by atoms with E-state index in [0.29, 0.717) is 52.3 Å². The predicted octanol–water partition coefficient (Wildman–Crippen LogP) is 5.16. The molecule has 0 unspecified atom stereocenters. The molecule has 208 valence electrons. The maximum Gasteiger partial charge on any atom is 0.261 e. The topological polar surface area (TPSA) is 141 Å². The second-order valence-corrected chi connectivity index (χ2v) is 11.0. The monoisotopic (exact) mass is 567 g/mol. The number of nitrogens with one attached hydrogen (secondary N) is 2. The van der Waals surface area contributed by atoms with E-state index >= 15 is 0 Å². The lowest BCUT2D eigenvalue weighted by molar-refractivity contribution is -0.116. The molecule has 1 heterocycles. The average Bonchev–Trinajstić information content (AvgIpc) is 3.30. The highest BCUT2D eigenvalue weighted by Gasteiger charge is 2.21. The normalized spacial score (nSPS) is 11.9. The van der Waals surface area contributed by atoms with E-state index in [1.807, 2.05) is 30.3 Å². The SMILES string of the molecule is CC(=O)N(CCN)c1ccc(N=C(c2ccccc2)c2c(O)[nH]c3ccc(NS(=O)(=O)c4ccccc4)cc23)cc1. The fraction of sp³-hybridized carbons (Fsp3) is 0.0968. The molecule has 0 saturated carbocycles. The van der Waals surface area contributed by atoms with Crippen LogP contribution in [0.4, 0.5) is 17.1 Å². The summed E-state index contributed by atoms with van der Waals surface area (Å²) in [6, 6.07) is 29.7. The van der Waals surface area contributed by atoms with Gasteiger partial charge in [-0.25, -0.2) is 13.4 Å². The number of fused-ring (bicyclic) bond motifs is 1. The summed E-state index contributed by atoms with van der Waals surface area (Å²) in [6.45, 7) is 2.22. The molecule has 4 aromatic carbocycles. The van der Waals surface area contributed by atoms with Crippen molar-refractivity contribution in [2.75, 3.05) is 22.7 Å². The summed E-state index contributed by atoms with van der Waals surface area (Å²) >= 11 is 0. The molecule has 10 heteroatoms. The molecule has 41 heavy (non-hydrogen) atoms. The van der Waals surface area contributed by atoms with Crippen molar-refractivity contribution in [3.05, 3.63) is 114 Å². The molecule has 0 bridgehead atoms. The Morgan fingerprint density at radius 2 is 1.61 bits per heavy atom. The van der Waals surface area contributed by atoms with Crippen LogP contribution in [0.1, 0.15) is 18.1 Å². The third-order valence-electron chi connectivity index (χ3n) is 6.50. The van der Waals surface area contributed by atoms with E-state index in [-0.39, 0.29) is 16.7 Å². The number of aromatic hydroxyl groups is 1. The molecular weight excluding hydrogens is 538 g/mol. The molecule has 0 radical (unpaired) electrons. The van der Waals surface area contributed by atoms with Crippen molar-refractivity contribution in [2.24, 2.45) is 10.7 Å². The van der Waals surface area contributed by atoms with Crippen LogP contribution < -0.4 is 15.4 Å². The number of hydrogen-bond acceptors (Lipinski definition) is 6. The van der Waals surface area contributed by atoms with Gasteiger partial charge in [0.05, 0.1) is 21.9 Å². The number of amides is 1. The van der Waals surface area contributed by atoms with Gasteiger partial charge >= 0.3 is 0 Å². The Morgan fingerprint density at radius 3 is 2.24 bits per heavy atom. The van der Waals surface area contributed by atoms with Gasteiger partial charge in [0.25, 0.3) is 10.0 Å². The van der Waals surface area contributed by atoms with Crippen LogP contribution >= 0.6 is 0 Å². The van der Waals surface area contributed by atoms with Crippen molar-refractivity contribution in [1.29, 1.82) is 0 Å². The predicted molar refractivity (Wildman–Crippen MR) is 162 cm³/mol. The van der Waals surface area contributed by atoms with Crippen molar-refractivity contribution >= 4 is 49.6 Å². The first-order valence-corrected chi connectivity index (χ1v) is 14.4. The van der Waals surface area contributed by atoms with Crippen molar-refractivity contribution in [1.82, 2.24) is 4.98 Å². The van der Waals surface area contributed by atoms with Crippen LogP contribution in [0.5, 0.6) is 5.88 Å². The molecule has 0 aliphatic heterocycles. The Kier molecular flexibility index (Phi) is 7.86. The number of H-pyrrole nitrogens is 1. The van der Waals surface area contributed by atoms with Crippen molar-refractivity contribution in [3.63, 3.8) is 0 Å². The van der Waals surface area contributed by atoms with E-state index < -0.39 is 10.0 Å². The van der Waals surface area contributed by atoms with Crippen LogP contribution in [-0.4, -0.2) is 43.2 Å². The molecule has 1 aromatic heterocycles. The van der Waals surface area contributed by atoms with Crippen LogP contribution in [0.15, 0.2) is 113 Å². The molecule has 5 N–H and O–H groups in total. The highest BCUT2D eigenvalue weighted by Crippen LogP contribution is 2.34. The summed E-state index contributed by atoms with van der Waals surface area (Å²) in [4.78, 5) is 21.7. The van der Waals surface area contributed by atoms with Gasteiger partial charge in [0.1, 0.15) is 0 Å². The highest BCUT2D eigenvalue weighted by molar-refractivity contribution is 7.92. The summed E-state index contributed by atoms with van der Waals surface area (Å²) < 4.78 is 28.5. The number of rotatable bonds is 9. The molecule has 0 saturated heterocycles. The Bertz CT molecular complexity index is 1820. The molecule has 0 spiro atoms. The second-order valence-electron chi connectivity index (χ2n) is 9.33. The Hall–Kier alpha value is -4.93. The van der Waals surface area contributed by atoms with Crippen LogP contribution in [-0.2, 0) is 14.8 Å². The number of nitrogens with two attached hydrogens (primary N) is 1.